The maximum absolute atomic E-state index is 4.49. The number of aromatic nitrogens is 3. The third-order valence-electron chi connectivity index (χ3n) is 6.06. The zero-order valence-corrected chi connectivity index (χ0v) is 24.2. The van der Waals surface area contributed by atoms with Crippen molar-refractivity contribution in [1.82, 2.24) is 15.0 Å². The molecule has 0 amide bonds. The first-order chi connectivity index (χ1) is 18.7. The summed E-state index contributed by atoms with van der Waals surface area (Å²) in [6.07, 6.45) is 5.56. The summed E-state index contributed by atoms with van der Waals surface area (Å²) in [5.41, 5.74) is 9.89. The molecular formula is C35H27IrN3-2. The van der Waals surface area contributed by atoms with Gasteiger partial charge in [-0.1, -0.05) is 72.3 Å². The predicted molar refractivity (Wildman–Crippen MR) is 155 cm³/mol. The van der Waals surface area contributed by atoms with Gasteiger partial charge in [-0.3, -0.25) is 9.97 Å². The number of nitrogens with zero attached hydrogens (tertiary/aromatic N) is 3. The van der Waals surface area contributed by atoms with Gasteiger partial charge >= 0.3 is 0 Å². The average Bonchev–Trinajstić information content (AvgIpc) is 2.99. The fourth-order valence-corrected chi connectivity index (χ4v) is 3.96. The van der Waals surface area contributed by atoms with Crippen molar-refractivity contribution < 1.29 is 20.1 Å². The van der Waals surface area contributed by atoms with Crippen LogP contribution >= 0.6 is 0 Å². The molecule has 3 nitrogen and oxygen atoms in total. The summed E-state index contributed by atoms with van der Waals surface area (Å²) < 4.78 is 0. The molecular weight excluding hydrogens is 655 g/mol. The summed E-state index contributed by atoms with van der Waals surface area (Å²) in [5.74, 6) is 0.713. The smallest absolute Gasteiger partial charge is 0.0748 e. The standard InChI is InChI=1S/C18H15N2.C17H12N.Ir/c1-13-6-8-15(9-7-13)16-4-3-5-17(10-16)18-19-11-14(2)12-20-18;1-3-7-14(8-4-1)16-11-12-17(18-13-16)15-9-5-2-6-10-15;/h3-4,6-12H,1-2H3;1-9,11-13H;/q2*-1;. The van der Waals surface area contributed by atoms with Crippen LogP contribution in [0.25, 0.3) is 44.9 Å². The Morgan fingerprint density at radius 3 is 1.82 bits per heavy atom. The van der Waals surface area contributed by atoms with Crippen molar-refractivity contribution in [2.24, 2.45) is 0 Å². The monoisotopic (exact) mass is 682 g/mol. The van der Waals surface area contributed by atoms with Gasteiger partial charge in [-0.05, 0) is 41.8 Å². The van der Waals surface area contributed by atoms with E-state index < -0.39 is 0 Å². The second-order valence-electron chi connectivity index (χ2n) is 9.02. The Morgan fingerprint density at radius 2 is 1.15 bits per heavy atom. The largest absolute Gasteiger partial charge is 0.304 e. The van der Waals surface area contributed by atoms with E-state index in [-0.39, 0.29) is 20.1 Å². The van der Waals surface area contributed by atoms with Crippen LogP contribution in [0.1, 0.15) is 11.1 Å². The first kappa shape index (κ1) is 27.8. The van der Waals surface area contributed by atoms with Crippen LogP contribution in [0.4, 0.5) is 0 Å². The molecule has 0 N–H and O–H groups in total. The molecule has 0 atom stereocenters. The molecule has 0 unspecified atom stereocenters. The molecule has 0 saturated carbocycles. The van der Waals surface area contributed by atoms with Crippen LogP contribution in [0.5, 0.6) is 0 Å². The fourth-order valence-electron chi connectivity index (χ4n) is 3.96. The molecule has 0 saturated heterocycles. The molecule has 0 aliphatic heterocycles. The van der Waals surface area contributed by atoms with Crippen molar-refractivity contribution in [3.05, 3.63) is 151 Å². The van der Waals surface area contributed by atoms with Crippen molar-refractivity contribution in [2.75, 3.05) is 0 Å². The number of aryl methyl sites for hydroxylation is 2. The maximum atomic E-state index is 4.49. The molecule has 6 aromatic rings. The van der Waals surface area contributed by atoms with Gasteiger partial charge in [-0.15, -0.1) is 71.3 Å². The van der Waals surface area contributed by atoms with Gasteiger partial charge in [0.2, 0.25) is 0 Å². The Balaban J connectivity index is 0.000000177. The predicted octanol–water partition coefficient (Wildman–Crippen LogP) is 8.44. The third kappa shape index (κ3) is 7.42. The Labute approximate surface area is 244 Å². The SMILES string of the molecule is Cc1ccc(-c2cc[c-]c(-c3ncc(C)cn3)c2)cc1.[Ir].[c-]1ccccc1-c1ccc(-c2ccccc2)cn1. The Morgan fingerprint density at radius 1 is 0.487 bits per heavy atom. The zero-order valence-electron chi connectivity index (χ0n) is 21.8. The summed E-state index contributed by atoms with van der Waals surface area (Å²) in [6.45, 7) is 4.07. The Hall–Kier alpha value is -4.24. The Kier molecular flexibility index (Phi) is 9.63. The fraction of sp³-hybridized carbons (Fsp3) is 0.0571. The molecule has 4 aromatic carbocycles. The van der Waals surface area contributed by atoms with Gasteiger partial charge in [-0.25, -0.2) is 0 Å². The molecule has 0 fully saturated rings. The van der Waals surface area contributed by atoms with Crippen LogP contribution in [-0.4, -0.2) is 15.0 Å². The molecule has 0 bridgehead atoms. The van der Waals surface area contributed by atoms with Gasteiger partial charge in [0.25, 0.3) is 0 Å². The normalized spacial score (nSPS) is 10.1. The number of benzene rings is 4. The minimum absolute atomic E-state index is 0. The summed E-state index contributed by atoms with van der Waals surface area (Å²) >= 11 is 0. The summed E-state index contributed by atoms with van der Waals surface area (Å²) in [5, 5.41) is 0. The van der Waals surface area contributed by atoms with Crippen LogP contribution in [0.2, 0.25) is 0 Å². The van der Waals surface area contributed by atoms with Gasteiger partial charge in [0.05, 0.1) is 5.82 Å². The first-order valence-electron chi connectivity index (χ1n) is 12.5. The van der Waals surface area contributed by atoms with Gasteiger partial charge in [0.1, 0.15) is 0 Å². The number of hydrogen-bond acceptors (Lipinski definition) is 3. The van der Waals surface area contributed by atoms with Crippen LogP contribution in [0.3, 0.4) is 0 Å². The molecule has 193 valence electrons. The van der Waals surface area contributed by atoms with E-state index in [1.807, 2.05) is 80.1 Å². The summed E-state index contributed by atoms with van der Waals surface area (Å²) in [7, 11) is 0. The molecule has 1 radical (unpaired) electrons. The van der Waals surface area contributed by atoms with Crippen LogP contribution in [0, 0.1) is 26.0 Å². The second kappa shape index (κ2) is 13.5. The molecule has 2 heterocycles. The van der Waals surface area contributed by atoms with E-state index >= 15 is 0 Å². The Bertz CT molecular complexity index is 1460. The molecule has 0 aliphatic rings. The van der Waals surface area contributed by atoms with E-state index in [9.17, 15) is 0 Å². The molecule has 4 heteroatoms. The quantitative estimate of drug-likeness (QED) is 0.175. The zero-order chi connectivity index (χ0) is 26.2. The van der Waals surface area contributed by atoms with Gasteiger partial charge in [0, 0.05) is 38.7 Å². The van der Waals surface area contributed by atoms with Gasteiger partial charge in [0.15, 0.2) is 0 Å². The van der Waals surface area contributed by atoms with E-state index in [1.54, 1.807) is 0 Å². The maximum Gasteiger partial charge on any atom is 0.0748 e. The van der Waals surface area contributed by atoms with Crippen molar-refractivity contribution >= 4 is 0 Å². The van der Waals surface area contributed by atoms with E-state index in [0.29, 0.717) is 5.82 Å². The van der Waals surface area contributed by atoms with Gasteiger partial charge in [-0.2, -0.15) is 0 Å². The molecule has 2 aromatic heterocycles. The van der Waals surface area contributed by atoms with Crippen LogP contribution in [0.15, 0.2) is 128 Å². The van der Waals surface area contributed by atoms with E-state index in [4.69, 9.17) is 0 Å². The van der Waals surface area contributed by atoms with Crippen molar-refractivity contribution in [1.29, 1.82) is 0 Å². The topological polar surface area (TPSA) is 38.7 Å². The van der Waals surface area contributed by atoms with E-state index in [0.717, 1.165) is 33.5 Å². The first-order valence-corrected chi connectivity index (χ1v) is 12.5. The molecule has 39 heavy (non-hydrogen) atoms. The minimum Gasteiger partial charge on any atom is -0.304 e. The van der Waals surface area contributed by atoms with E-state index in [2.05, 4.69) is 88.6 Å². The van der Waals surface area contributed by atoms with E-state index in [1.165, 1.54) is 16.7 Å². The third-order valence-corrected chi connectivity index (χ3v) is 6.06. The summed E-state index contributed by atoms with van der Waals surface area (Å²) in [6, 6.07) is 43.2. The second-order valence-corrected chi connectivity index (χ2v) is 9.02. The van der Waals surface area contributed by atoms with Crippen LogP contribution in [-0.2, 0) is 20.1 Å². The molecule has 6 rings (SSSR count). The summed E-state index contributed by atoms with van der Waals surface area (Å²) in [4.78, 5) is 13.2. The van der Waals surface area contributed by atoms with Gasteiger partial charge < -0.3 is 4.98 Å². The molecule has 0 aliphatic carbocycles. The van der Waals surface area contributed by atoms with Crippen molar-refractivity contribution in [3.63, 3.8) is 0 Å². The molecule has 0 spiro atoms. The van der Waals surface area contributed by atoms with Crippen molar-refractivity contribution in [2.45, 2.75) is 13.8 Å². The average molecular weight is 682 g/mol. The number of rotatable bonds is 4. The number of pyridine rings is 1. The van der Waals surface area contributed by atoms with Crippen molar-refractivity contribution in [3.8, 4) is 44.9 Å². The minimum atomic E-state index is 0. The van der Waals surface area contributed by atoms with Crippen LogP contribution < -0.4 is 0 Å². The number of hydrogen-bond donors (Lipinski definition) is 0.